The van der Waals surface area contributed by atoms with Crippen molar-refractivity contribution in [3.63, 3.8) is 0 Å². The molecule has 1 aromatic carbocycles. The van der Waals surface area contributed by atoms with Gasteiger partial charge in [-0.05, 0) is 56.5 Å². The summed E-state index contributed by atoms with van der Waals surface area (Å²) in [5.74, 6) is -2.35. The van der Waals surface area contributed by atoms with Crippen molar-refractivity contribution < 1.29 is 18.3 Å². The van der Waals surface area contributed by atoms with Gasteiger partial charge in [0.1, 0.15) is 5.69 Å². The smallest absolute Gasteiger partial charge is 0.302 e. The van der Waals surface area contributed by atoms with Crippen LogP contribution in [0.5, 0.6) is 5.88 Å². The van der Waals surface area contributed by atoms with Crippen LogP contribution < -0.4 is 14.8 Å². The second-order valence-corrected chi connectivity index (χ2v) is 10.9. The first-order valence-corrected chi connectivity index (χ1v) is 14.4. The minimum Gasteiger partial charge on any atom is -0.477 e. The normalized spacial score (nSPS) is 15.7. The molecule has 1 aliphatic heterocycles. The molecule has 1 fully saturated rings. The van der Waals surface area contributed by atoms with Crippen LogP contribution in [0.3, 0.4) is 0 Å². The lowest BCUT2D eigenvalue weighted by Gasteiger charge is -2.33. The van der Waals surface area contributed by atoms with Crippen molar-refractivity contribution in [2.45, 2.75) is 44.9 Å². The number of likely N-dealkylation sites (tertiary alicyclic amines) is 1. The van der Waals surface area contributed by atoms with Crippen LogP contribution in [0.4, 0.5) is 14.5 Å². The number of nitrogens with one attached hydrogen (secondary N) is 2. The van der Waals surface area contributed by atoms with Crippen LogP contribution >= 0.6 is 23.3 Å². The van der Waals surface area contributed by atoms with Crippen molar-refractivity contribution in [2.75, 3.05) is 31.0 Å². The Labute approximate surface area is 229 Å². The quantitative estimate of drug-likeness (QED) is 0.265. The number of anilines is 1. The molecule has 0 radical (unpaired) electrons. The highest BCUT2D eigenvalue weighted by molar-refractivity contribution is 8.00. The maximum Gasteiger partial charge on any atom is 0.302 e. The van der Waals surface area contributed by atoms with E-state index in [1.807, 2.05) is 25.1 Å². The van der Waals surface area contributed by atoms with E-state index >= 15 is 0 Å². The van der Waals surface area contributed by atoms with Gasteiger partial charge in [0, 0.05) is 30.4 Å². The van der Waals surface area contributed by atoms with Gasteiger partial charge in [0.25, 0.3) is 5.91 Å². The van der Waals surface area contributed by atoms with Crippen molar-refractivity contribution in [3.05, 3.63) is 53.4 Å². The number of halogens is 2. The molecule has 2 atom stereocenters. The summed E-state index contributed by atoms with van der Waals surface area (Å²) in [5.41, 5.74) is 1.98. The standard InChI is InChI=1S/C26H32F2N6O2S2/c1-3-36-22-15-29-13-20(31-22)21-14-30-25(37-21)24(35)32-23(17(2)16-34-10-5-4-6-11-34)18-8-7-9-19(12-18)33-38-26(27)28/h7-9,12-15,17,23,26,33H,3-6,10-11,16H2,1-2H3,(H,32,35). The molecular weight excluding hydrogens is 530 g/mol. The second-order valence-electron chi connectivity index (χ2n) is 9.10. The minimum atomic E-state index is -2.54. The van der Waals surface area contributed by atoms with Gasteiger partial charge in [-0.2, -0.15) is 8.78 Å². The number of hydrogen-bond acceptors (Lipinski definition) is 9. The van der Waals surface area contributed by atoms with E-state index in [1.54, 1.807) is 24.7 Å². The lowest BCUT2D eigenvalue weighted by molar-refractivity contribution is 0.0910. The number of ether oxygens (including phenoxy) is 1. The van der Waals surface area contributed by atoms with E-state index < -0.39 is 5.76 Å². The Morgan fingerprint density at radius 3 is 2.79 bits per heavy atom. The fraction of sp³-hybridized carbons (Fsp3) is 0.462. The number of nitrogens with zero attached hydrogens (tertiary/aromatic N) is 4. The van der Waals surface area contributed by atoms with Gasteiger partial charge >= 0.3 is 5.76 Å². The summed E-state index contributed by atoms with van der Waals surface area (Å²) >= 11 is 1.58. The summed E-state index contributed by atoms with van der Waals surface area (Å²) < 4.78 is 33.6. The lowest BCUT2D eigenvalue weighted by Crippen LogP contribution is -2.40. The van der Waals surface area contributed by atoms with Gasteiger partial charge in [-0.3, -0.25) is 9.78 Å². The highest BCUT2D eigenvalue weighted by Crippen LogP contribution is 2.30. The third kappa shape index (κ3) is 7.84. The molecule has 4 rings (SSSR count). The SMILES string of the molecule is CCOc1cncc(-c2cnc(C(=O)NC(c3cccc(NSC(F)F)c3)C(C)CN3CCCCC3)s2)n1. The summed E-state index contributed by atoms with van der Waals surface area (Å²) in [7, 11) is 0. The number of carbonyl (C=O) groups is 1. The molecule has 0 aliphatic carbocycles. The highest BCUT2D eigenvalue weighted by Gasteiger charge is 2.26. The Morgan fingerprint density at radius 1 is 1.21 bits per heavy atom. The van der Waals surface area contributed by atoms with E-state index in [0.29, 0.717) is 45.7 Å². The van der Waals surface area contributed by atoms with Crippen LogP contribution in [-0.2, 0) is 0 Å². The number of alkyl halides is 2. The molecule has 2 aromatic heterocycles. The van der Waals surface area contributed by atoms with Gasteiger partial charge in [-0.15, -0.1) is 11.3 Å². The van der Waals surface area contributed by atoms with Crippen LogP contribution in [0.15, 0.2) is 42.9 Å². The van der Waals surface area contributed by atoms with Crippen LogP contribution in [-0.4, -0.2) is 57.8 Å². The van der Waals surface area contributed by atoms with Crippen molar-refractivity contribution in [3.8, 4) is 16.5 Å². The number of thiazole rings is 1. The summed E-state index contributed by atoms with van der Waals surface area (Å²) in [6.07, 6.45) is 8.34. The van der Waals surface area contributed by atoms with Crippen LogP contribution in [0.25, 0.3) is 10.6 Å². The molecule has 0 bridgehead atoms. The van der Waals surface area contributed by atoms with Gasteiger partial charge in [0.15, 0.2) is 5.01 Å². The zero-order chi connectivity index (χ0) is 26.9. The Hall–Kier alpha value is -2.83. The molecule has 38 heavy (non-hydrogen) atoms. The summed E-state index contributed by atoms with van der Waals surface area (Å²) in [5, 5.41) is 3.47. The van der Waals surface area contributed by atoms with Crippen molar-refractivity contribution >= 4 is 34.9 Å². The maximum absolute atomic E-state index is 13.4. The van der Waals surface area contributed by atoms with Gasteiger partial charge in [-0.25, -0.2) is 9.97 Å². The molecule has 2 unspecified atom stereocenters. The topological polar surface area (TPSA) is 92.3 Å². The molecule has 12 heteroatoms. The Bertz CT molecular complexity index is 1190. The number of aromatic nitrogens is 3. The first kappa shape index (κ1) is 28.2. The molecule has 1 saturated heterocycles. The van der Waals surface area contributed by atoms with Crippen LogP contribution in [0, 0.1) is 5.92 Å². The number of piperidine rings is 1. The number of amides is 1. The molecule has 2 N–H and O–H groups in total. The zero-order valence-electron chi connectivity index (χ0n) is 21.4. The molecule has 204 valence electrons. The number of rotatable bonds is 12. The zero-order valence-corrected chi connectivity index (χ0v) is 23.0. The molecule has 8 nitrogen and oxygen atoms in total. The molecule has 0 spiro atoms. The van der Waals surface area contributed by atoms with Gasteiger partial charge in [-0.1, -0.05) is 25.5 Å². The Morgan fingerprint density at radius 2 is 2.03 bits per heavy atom. The predicted molar refractivity (Wildman–Crippen MR) is 148 cm³/mol. The third-order valence-corrected chi connectivity index (χ3v) is 7.77. The average Bonchev–Trinajstić information content (AvgIpc) is 3.42. The number of carbonyl (C=O) groups excluding carboxylic acids is 1. The third-order valence-electron chi connectivity index (χ3n) is 6.22. The lowest BCUT2D eigenvalue weighted by atomic mass is 9.93. The molecule has 3 aromatic rings. The summed E-state index contributed by atoms with van der Waals surface area (Å²) in [6.45, 7) is 7.34. The van der Waals surface area contributed by atoms with E-state index in [2.05, 4.69) is 36.8 Å². The molecule has 3 heterocycles. The fourth-order valence-corrected chi connectivity index (χ4v) is 5.63. The largest absolute Gasteiger partial charge is 0.477 e. The van der Waals surface area contributed by atoms with E-state index in [9.17, 15) is 13.6 Å². The Balaban J connectivity index is 1.53. The summed E-state index contributed by atoms with van der Waals surface area (Å²) in [6, 6.07) is 6.93. The minimum absolute atomic E-state index is 0.0724. The van der Waals surface area contributed by atoms with Gasteiger partial charge < -0.3 is 19.7 Å². The number of benzene rings is 1. The maximum atomic E-state index is 13.4. The number of hydrogen-bond donors (Lipinski definition) is 2. The van der Waals surface area contributed by atoms with Gasteiger partial charge in [0.2, 0.25) is 5.88 Å². The molecule has 0 saturated carbocycles. The molecular formula is C26H32F2N6O2S2. The average molecular weight is 563 g/mol. The van der Waals surface area contributed by atoms with Gasteiger partial charge in [0.05, 0.1) is 29.9 Å². The highest BCUT2D eigenvalue weighted by atomic mass is 32.2. The van der Waals surface area contributed by atoms with Crippen molar-refractivity contribution in [2.24, 2.45) is 5.92 Å². The molecule has 1 amide bonds. The van der Waals surface area contributed by atoms with Crippen molar-refractivity contribution in [1.82, 2.24) is 25.2 Å². The summed E-state index contributed by atoms with van der Waals surface area (Å²) in [4.78, 5) is 29.5. The first-order valence-electron chi connectivity index (χ1n) is 12.7. The monoisotopic (exact) mass is 562 g/mol. The van der Waals surface area contributed by atoms with E-state index in [1.165, 1.54) is 30.6 Å². The van der Waals surface area contributed by atoms with E-state index in [-0.39, 0.29) is 17.9 Å². The first-order chi connectivity index (χ1) is 18.4. The van der Waals surface area contributed by atoms with E-state index in [0.717, 1.165) is 25.2 Å². The van der Waals surface area contributed by atoms with E-state index in [4.69, 9.17) is 4.74 Å². The van der Waals surface area contributed by atoms with Crippen LogP contribution in [0.1, 0.15) is 54.5 Å². The molecule has 1 aliphatic rings. The second kappa shape index (κ2) is 13.8. The van der Waals surface area contributed by atoms with Crippen molar-refractivity contribution in [1.29, 1.82) is 0 Å². The fourth-order valence-electron chi connectivity index (χ4n) is 4.50. The predicted octanol–water partition coefficient (Wildman–Crippen LogP) is 5.87. The van der Waals surface area contributed by atoms with Crippen LogP contribution in [0.2, 0.25) is 0 Å². The Kier molecular flexibility index (Phi) is 10.2.